The predicted molar refractivity (Wildman–Crippen MR) is 225 cm³/mol. The fourth-order valence-electron chi connectivity index (χ4n) is 9.84. The van der Waals surface area contributed by atoms with Crippen LogP contribution in [0.15, 0.2) is 48.5 Å². The lowest BCUT2D eigenvalue weighted by Crippen LogP contribution is -2.54. The molecule has 1 spiro atoms. The largest absolute Gasteiger partial charge is 0.433 e. The second-order valence-electron chi connectivity index (χ2n) is 17.9. The first-order valence-corrected chi connectivity index (χ1v) is 21.9. The minimum Gasteiger partial charge on any atom is -0.386 e. The average molecular weight is 873 g/mol. The summed E-state index contributed by atoms with van der Waals surface area (Å²) in [5.41, 5.74) is -0.227. The number of hydrogen-bond donors (Lipinski definition) is 4. The summed E-state index contributed by atoms with van der Waals surface area (Å²) in [6.07, 6.45) is 1.63. The highest BCUT2D eigenvalue weighted by atomic mass is 32.1. The zero-order valence-corrected chi connectivity index (χ0v) is 35.1. The van der Waals surface area contributed by atoms with Gasteiger partial charge in [-0.05, 0) is 120 Å². The van der Waals surface area contributed by atoms with E-state index in [0.717, 1.165) is 98.1 Å². The van der Waals surface area contributed by atoms with Gasteiger partial charge in [0.05, 0.1) is 26.9 Å². The van der Waals surface area contributed by atoms with E-state index in [2.05, 4.69) is 30.7 Å². The Bertz CT molecular complexity index is 2480. The summed E-state index contributed by atoms with van der Waals surface area (Å²) >= 11 is 1.47. The first-order valence-electron chi connectivity index (χ1n) is 21.1. The Morgan fingerprint density at radius 2 is 1.66 bits per heavy atom. The summed E-state index contributed by atoms with van der Waals surface area (Å²) in [5.74, 6) is -2.33. The van der Waals surface area contributed by atoms with Crippen LogP contribution in [0.5, 0.6) is 0 Å². The van der Waals surface area contributed by atoms with Gasteiger partial charge in [0.25, 0.3) is 17.7 Å². The number of nitrogens with one attached hydrogen (secondary N) is 3. The van der Waals surface area contributed by atoms with Crippen molar-refractivity contribution in [1.82, 2.24) is 25.1 Å². The third-order valence-electron chi connectivity index (χ3n) is 13.2. The summed E-state index contributed by atoms with van der Waals surface area (Å²) in [5, 5.41) is 20.3. The van der Waals surface area contributed by atoms with Gasteiger partial charge in [0.2, 0.25) is 11.8 Å². The molecule has 0 radical (unpaired) electrons. The van der Waals surface area contributed by atoms with Gasteiger partial charge >= 0.3 is 6.18 Å². The first-order chi connectivity index (χ1) is 29.4. The number of anilines is 3. The Morgan fingerprint density at radius 1 is 0.935 bits per heavy atom. The molecule has 0 bridgehead atoms. The van der Waals surface area contributed by atoms with Crippen molar-refractivity contribution in [1.29, 1.82) is 0 Å². The van der Waals surface area contributed by atoms with Crippen LogP contribution < -0.4 is 20.9 Å². The van der Waals surface area contributed by atoms with Gasteiger partial charge in [-0.25, -0.2) is 9.97 Å². The van der Waals surface area contributed by atoms with E-state index in [4.69, 9.17) is 4.98 Å². The molecule has 9 rings (SSSR count). The Kier molecular flexibility index (Phi) is 10.6. The number of pyridine rings is 1. The van der Waals surface area contributed by atoms with Gasteiger partial charge in [0.1, 0.15) is 17.4 Å². The first kappa shape index (κ1) is 41.9. The topological polar surface area (TPSA) is 177 Å². The highest BCUT2D eigenvalue weighted by Gasteiger charge is 2.49. The number of halogens is 3. The molecule has 326 valence electrons. The van der Waals surface area contributed by atoms with Gasteiger partial charge in [-0.2, -0.15) is 13.2 Å². The summed E-state index contributed by atoms with van der Waals surface area (Å²) < 4.78 is 40.6. The van der Waals surface area contributed by atoms with Crippen molar-refractivity contribution in [2.24, 2.45) is 11.3 Å². The molecular weight excluding hydrogens is 826 g/mol. The van der Waals surface area contributed by atoms with Crippen molar-refractivity contribution >= 4 is 67.6 Å². The van der Waals surface area contributed by atoms with E-state index in [1.165, 1.54) is 17.4 Å². The fourth-order valence-corrected chi connectivity index (χ4v) is 10.9. The summed E-state index contributed by atoms with van der Waals surface area (Å²) in [7, 11) is 0. The minimum atomic E-state index is -4.70. The van der Waals surface area contributed by atoms with Gasteiger partial charge in [-0.15, -0.1) is 0 Å². The zero-order valence-electron chi connectivity index (χ0n) is 34.3. The van der Waals surface area contributed by atoms with E-state index >= 15 is 0 Å². The van der Waals surface area contributed by atoms with Crippen LogP contribution in [0, 0.1) is 11.3 Å². The number of nitrogens with zero attached hydrogens (tertiary/aromatic N) is 5. The number of fused-ring (bicyclic) bond motifs is 2. The number of thiazole rings is 1. The summed E-state index contributed by atoms with van der Waals surface area (Å²) in [6, 6.07) is 10.9. The molecule has 1 unspecified atom stereocenters. The molecule has 4 aromatic rings. The maximum absolute atomic E-state index is 13.6. The molecule has 1 saturated carbocycles. The van der Waals surface area contributed by atoms with Crippen LogP contribution in [0.25, 0.3) is 10.2 Å². The monoisotopic (exact) mass is 872 g/mol. The number of likely N-dealkylation sites (tertiary alicyclic amines) is 1. The lowest BCUT2D eigenvalue weighted by Gasteiger charge is -2.53. The van der Waals surface area contributed by atoms with E-state index in [1.807, 2.05) is 6.07 Å². The van der Waals surface area contributed by atoms with E-state index in [0.29, 0.717) is 28.2 Å². The number of imide groups is 2. The molecule has 4 fully saturated rings. The number of hydrogen-bond acceptors (Lipinski definition) is 12. The van der Waals surface area contributed by atoms with Crippen LogP contribution in [0.1, 0.15) is 108 Å². The van der Waals surface area contributed by atoms with Crippen LogP contribution in [0.3, 0.4) is 0 Å². The smallest absolute Gasteiger partial charge is 0.386 e. The van der Waals surface area contributed by atoms with Gasteiger partial charge in [0, 0.05) is 49.0 Å². The maximum atomic E-state index is 13.6. The van der Waals surface area contributed by atoms with E-state index < -0.39 is 58.7 Å². The molecule has 18 heteroatoms. The molecule has 6 heterocycles. The number of amides is 5. The molecule has 1 aliphatic carbocycles. The number of rotatable bonds is 9. The number of aliphatic hydroxyl groups is 1. The third-order valence-corrected chi connectivity index (χ3v) is 14.3. The Labute approximate surface area is 359 Å². The number of benzene rings is 2. The molecular formula is C44H47F3N8O6S. The quantitative estimate of drug-likeness (QED) is 0.142. The average Bonchev–Trinajstić information content (AvgIpc) is 3.75. The van der Waals surface area contributed by atoms with Crippen molar-refractivity contribution in [3.05, 3.63) is 76.6 Å². The van der Waals surface area contributed by atoms with Crippen LogP contribution in [-0.4, -0.2) is 99.2 Å². The van der Waals surface area contributed by atoms with Crippen molar-refractivity contribution in [2.45, 2.75) is 89.1 Å². The Hall–Kier alpha value is -5.46. The molecule has 5 amide bonds. The molecule has 2 aromatic carbocycles. The molecule has 4 N–H and O–H groups in total. The second kappa shape index (κ2) is 15.7. The van der Waals surface area contributed by atoms with Crippen LogP contribution in [-0.2, 0) is 21.4 Å². The highest BCUT2D eigenvalue weighted by Crippen LogP contribution is 2.51. The van der Waals surface area contributed by atoms with Crippen LogP contribution in [0.4, 0.5) is 29.7 Å². The lowest BCUT2D eigenvalue weighted by molar-refractivity contribution is -0.141. The molecule has 14 nitrogen and oxygen atoms in total. The zero-order chi connectivity index (χ0) is 43.7. The number of alkyl halides is 3. The van der Waals surface area contributed by atoms with Crippen molar-refractivity contribution in [2.75, 3.05) is 48.3 Å². The Morgan fingerprint density at radius 3 is 2.35 bits per heavy atom. The number of carbonyl (C=O) groups excluding carboxylic acids is 5. The SMILES string of the molecule is CC(C)(O)c1cc2nc(N3CCC(CN4CCC5(CC4)CC(Nc4cccc6c4C(=O)N(C4CCC(=O)NC4=O)C6=O)C5)CC3)sc2cc1NC(=O)c1cccc(C(F)(F)F)n1. The van der Waals surface area contributed by atoms with E-state index in [-0.39, 0.29) is 35.5 Å². The molecule has 4 aliphatic heterocycles. The standard InChI is InChI=1S/C44H47F3N8O6S/c1-42(2,61)27-19-31-33(20-30(27)50-37(57)29-7-4-8-34(49-29)44(45,46)47)62-41(51-31)54-15-11-24(12-16-54)23-53-17-13-43(14-18-53)21-25(22-43)48-28-6-3-5-26-36(28)40(60)55(39(26)59)32-9-10-35(56)52-38(32)58/h3-8,19-20,24-25,32,48,61H,9-18,21-23H2,1-2H3,(H,50,57)(H,52,56,58). The minimum absolute atomic E-state index is 0.0718. The molecule has 62 heavy (non-hydrogen) atoms. The van der Waals surface area contributed by atoms with Crippen molar-refractivity contribution in [3.8, 4) is 0 Å². The van der Waals surface area contributed by atoms with E-state index in [1.54, 1.807) is 38.1 Å². The molecule has 5 aliphatic rings. The number of aromatic nitrogens is 2. The van der Waals surface area contributed by atoms with Gasteiger partial charge in [-0.1, -0.05) is 23.5 Å². The Balaban J connectivity index is 0.766. The molecule has 3 saturated heterocycles. The second-order valence-corrected chi connectivity index (χ2v) is 18.9. The summed E-state index contributed by atoms with van der Waals surface area (Å²) in [6.45, 7) is 7.88. The predicted octanol–water partition coefficient (Wildman–Crippen LogP) is 6.16. The summed E-state index contributed by atoms with van der Waals surface area (Å²) in [4.78, 5) is 78.4. The van der Waals surface area contributed by atoms with Crippen LogP contribution >= 0.6 is 11.3 Å². The molecule has 1 atom stereocenters. The number of carbonyl (C=O) groups is 5. The maximum Gasteiger partial charge on any atom is 0.433 e. The fraction of sp³-hybridized carbons (Fsp3) is 0.477. The van der Waals surface area contributed by atoms with Crippen LogP contribution in [0.2, 0.25) is 0 Å². The lowest BCUT2D eigenvalue weighted by atomic mass is 9.60. The number of piperidine rings is 3. The van der Waals surface area contributed by atoms with Gasteiger partial charge in [0.15, 0.2) is 5.13 Å². The van der Waals surface area contributed by atoms with E-state index in [9.17, 15) is 42.3 Å². The van der Waals surface area contributed by atoms with Gasteiger partial charge in [-0.3, -0.25) is 34.2 Å². The highest BCUT2D eigenvalue weighted by molar-refractivity contribution is 7.22. The van der Waals surface area contributed by atoms with Crippen molar-refractivity contribution in [3.63, 3.8) is 0 Å². The van der Waals surface area contributed by atoms with Gasteiger partial charge < -0.3 is 25.5 Å². The third kappa shape index (κ3) is 8.03. The normalized spacial score (nSPS) is 21.4. The molecule has 2 aromatic heterocycles. The van der Waals surface area contributed by atoms with Crippen molar-refractivity contribution < 1.29 is 42.3 Å².